The molecule has 1 saturated heterocycles. The number of carboxylic acids is 1. The first-order valence-corrected chi connectivity index (χ1v) is 9.20. The Morgan fingerprint density at radius 1 is 1.42 bits per heavy atom. The number of aliphatic carboxylic acids is 1. The molecule has 24 heavy (non-hydrogen) atoms. The fraction of sp³-hybridized carbons (Fsp3) is 0.556. The van der Waals surface area contributed by atoms with Crippen molar-refractivity contribution in [1.82, 2.24) is 10.2 Å². The maximum Gasteiger partial charge on any atom is 0.311 e. The van der Waals surface area contributed by atoms with Crippen LogP contribution in [0.25, 0.3) is 0 Å². The van der Waals surface area contributed by atoms with Gasteiger partial charge in [-0.1, -0.05) is 34.5 Å². The lowest BCUT2D eigenvalue weighted by Crippen LogP contribution is -2.40. The molecule has 2 N–H and O–H groups in total. The number of carboxylic acid groups (broad SMARTS) is 1. The van der Waals surface area contributed by atoms with Crippen LogP contribution in [-0.2, 0) is 9.59 Å². The third-order valence-electron chi connectivity index (χ3n) is 5.48. The molecule has 5 nitrogen and oxygen atoms in total. The standard InChI is InChI=1S/C18H23BrN2O3/c1-12(13-4-6-15(19)7-5-13)20-16(22)10-21-9-14-3-2-8-18(14,11-21)17(23)24/h4-7,12,14H,2-3,8-11H2,1H3,(H,20,22)(H,23,24)/t12?,14-,18+/m0/s1. The summed E-state index contributed by atoms with van der Waals surface area (Å²) in [5.41, 5.74) is 0.421. The Bertz CT molecular complexity index is 634. The molecule has 1 aliphatic carbocycles. The summed E-state index contributed by atoms with van der Waals surface area (Å²) in [4.78, 5) is 26.0. The second-order valence-electron chi connectivity index (χ2n) is 7.06. The second kappa shape index (κ2) is 6.84. The molecule has 3 atom stereocenters. The van der Waals surface area contributed by atoms with Gasteiger partial charge in [0, 0.05) is 17.6 Å². The van der Waals surface area contributed by atoms with Gasteiger partial charge in [-0.05, 0) is 43.4 Å². The molecule has 1 aliphatic heterocycles. The van der Waals surface area contributed by atoms with Crippen LogP contribution in [0.2, 0.25) is 0 Å². The van der Waals surface area contributed by atoms with E-state index in [9.17, 15) is 14.7 Å². The molecule has 0 aromatic heterocycles. The monoisotopic (exact) mass is 394 g/mol. The van der Waals surface area contributed by atoms with E-state index < -0.39 is 11.4 Å². The van der Waals surface area contributed by atoms with Crippen LogP contribution in [0, 0.1) is 11.3 Å². The van der Waals surface area contributed by atoms with Crippen molar-refractivity contribution in [2.75, 3.05) is 19.6 Å². The van der Waals surface area contributed by atoms with E-state index in [2.05, 4.69) is 21.2 Å². The third-order valence-corrected chi connectivity index (χ3v) is 6.01. The number of fused-ring (bicyclic) bond motifs is 1. The van der Waals surface area contributed by atoms with Crippen molar-refractivity contribution < 1.29 is 14.7 Å². The van der Waals surface area contributed by atoms with Crippen molar-refractivity contribution in [1.29, 1.82) is 0 Å². The Balaban J connectivity index is 1.56. The molecule has 0 spiro atoms. The first kappa shape index (κ1) is 17.4. The fourth-order valence-corrected chi connectivity index (χ4v) is 4.45. The maximum absolute atomic E-state index is 12.3. The summed E-state index contributed by atoms with van der Waals surface area (Å²) in [6.07, 6.45) is 2.68. The Morgan fingerprint density at radius 2 is 2.12 bits per heavy atom. The van der Waals surface area contributed by atoms with Gasteiger partial charge in [0.1, 0.15) is 0 Å². The fourth-order valence-electron chi connectivity index (χ4n) is 4.19. The number of likely N-dealkylation sites (tertiary alicyclic amines) is 1. The molecule has 130 valence electrons. The van der Waals surface area contributed by atoms with Crippen LogP contribution in [0.4, 0.5) is 0 Å². The molecule has 2 aliphatic rings. The molecule has 2 fully saturated rings. The normalized spacial score (nSPS) is 27.7. The minimum absolute atomic E-state index is 0.0501. The quantitative estimate of drug-likeness (QED) is 0.805. The summed E-state index contributed by atoms with van der Waals surface area (Å²) in [5.74, 6) is -0.561. The Morgan fingerprint density at radius 3 is 2.75 bits per heavy atom. The van der Waals surface area contributed by atoms with E-state index in [4.69, 9.17) is 0 Å². The van der Waals surface area contributed by atoms with Crippen molar-refractivity contribution in [2.45, 2.75) is 32.2 Å². The van der Waals surface area contributed by atoms with Gasteiger partial charge in [-0.2, -0.15) is 0 Å². The number of carbonyl (C=O) groups is 2. The smallest absolute Gasteiger partial charge is 0.311 e. The average molecular weight is 395 g/mol. The van der Waals surface area contributed by atoms with Gasteiger partial charge in [-0.25, -0.2) is 0 Å². The lowest BCUT2D eigenvalue weighted by atomic mass is 9.81. The van der Waals surface area contributed by atoms with Crippen LogP contribution < -0.4 is 5.32 Å². The predicted octanol–water partition coefficient (Wildman–Crippen LogP) is 2.81. The van der Waals surface area contributed by atoms with Gasteiger partial charge in [-0.15, -0.1) is 0 Å². The summed E-state index contributed by atoms with van der Waals surface area (Å²) in [7, 11) is 0. The molecule has 6 heteroatoms. The van der Waals surface area contributed by atoms with E-state index >= 15 is 0 Å². The largest absolute Gasteiger partial charge is 0.481 e. The van der Waals surface area contributed by atoms with Gasteiger partial charge in [0.05, 0.1) is 18.0 Å². The van der Waals surface area contributed by atoms with E-state index in [1.807, 2.05) is 36.1 Å². The Hall–Kier alpha value is -1.40. The summed E-state index contributed by atoms with van der Waals surface area (Å²) in [5, 5.41) is 12.6. The number of carbonyl (C=O) groups excluding carboxylic acids is 1. The van der Waals surface area contributed by atoms with Crippen molar-refractivity contribution in [3.63, 3.8) is 0 Å². The summed E-state index contributed by atoms with van der Waals surface area (Å²) >= 11 is 3.40. The summed E-state index contributed by atoms with van der Waals surface area (Å²) in [6, 6.07) is 7.80. The van der Waals surface area contributed by atoms with E-state index in [-0.39, 0.29) is 24.4 Å². The Kier molecular flexibility index (Phi) is 4.97. The van der Waals surface area contributed by atoms with Crippen LogP contribution in [0.15, 0.2) is 28.7 Å². The topological polar surface area (TPSA) is 69.6 Å². The van der Waals surface area contributed by atoms with Gasteiger partial charge in [-0.3, -0.25) is 14.5 Å². The van der Waals surface area contributed by atoms with Crippen molar-refractivity contribution in [3.8, 4) is 0 Å². The van der Waals surface area contributed by atoms with E-state index in [1.165, 1.54) is 0 Å². The highest BCUT2D eigenvalue weighted by Gasteiger charge is 2.54. The lowest BCUT2D eigenvalue weighted by Gasteiger charge is -2.23. The van der Waals surface area contributed by atoms with Crippen LogP contribution in [0.5, 0.6) is 0 Å². The molecular formula is C18H23BrN2O3. The summed E-state index contributed by atoms with van der Waals surface area (Å²) in [6.45, 7) is 3.43. The van der Waals surface area contributed by atoms with Crippen molar-refractivity contribution >= 4 is 27.8 Å². The number of nitrogens with one attached hydrogen (secondary N) is 1. The first-order chi connectivity index (χ1) is 11.4. The van der Waals surface area contributed by atoms with Gasteiger partial charge in [0.15, 0.2) is 0 Å². The summed E-state index contributed by atoms with van der Waals surface area (Å²) < 4.78 is 1.01. The number of amides is 1. The molecule has 1 heterocycles. The highest BCUT2D eigenvalue weighted by molar-refractivity contribution is 9.10. The molecule has 0 radical (unpaired) electrons. The van der Waals surface area contributed by atoms with Gasteiger partial charge in [0.2, 0.25) is 5.91 Å². The zero-order chi connectivity index (χ0) is 17.3. The highest BCUT2D eigenvalue weighted by atomic mass is 79.9. The molecular weight excluding hydrogens is 372 g/mol. The first-order valence-electron chi connectivity index (χ1n) is 8.41. The van der Waals surface area contributed by atoms with Gasteiger partial charge in [0.25, 0.3) is 0 Å². The minimum atomic E-state index is -0.698. The number of nitrogens with zero attached hydrogens (tertiary/aromatic N) is 1. The number of halogens is 1. The highest BCUT2D eigenvalue weighted by Crippen LogP contribution is 2.48. The van der Waals surface area contributed by atoms with E-state index in [0.717, 1.165) is 29.3 Å². The third kappa shape index (κ3) is 3.35. The maximum atomic E-state index is 12.3. The molecule has 1 aromatic carbocycles. The van der Waals surface area contributed by atoms with Crippen LogP contribution >= 0.6 is 15.9 Å². The molecule has 3 rings (SSSR count). The predicted molar refractivity (Wildman–Crippen MR) is 94.5 cm³/mol. The molecule has 1 unspecified atom stereocenters. The second-order valence-corrected chi connectivity index (χ2v) is 7.98. The zero-order valence-corrected chi connectivity index (χ0v) is 15.4. The molecule has 0 bridgehead atoms. The molecule has 1 aromatic rings. The van der Waals surface area contributed by atoms with Crippen molar-refractivity contribution in [2.24, 2.45) is 11.3 Å². The van der Waals surface area contributed by atoms with Gasteiger partial charge >= 0.3 is 5.97 Å². The van der Waals surface area contributed by atoms with Crippen LogP contribution in [0.3, 0.4) is 0 Å². The van der Waals surface area contributed by atoms with Crippen LogP contribution in [-0.4, -0.2) is 41.5 Å². The minimum Gasteiger partial charge on any atom is -0.481 e. The number of benzene rings is 1. The van der Waals surface area contributed by atoms with Gasteiger partial charge < -0.3 is 10.4 Å². The lowest BCUT2D eigenvalue weighted by molar-refractivity contribution is -0.149. The number of hydrogen-bond donors (Lipinski definition) is 2. The zero-order valence-electron chi connectivity index (χ0n) is 13.8. The SMILES string of the molecule is CC(NC(=O)CN1C[C@@H]2CCC[C@@]2(C(=O)O)C1)c1ccc(Br)cc1. The van der Waals surface area contributed by atoms with E-state index in [0.29, 0.717) is 13.1 Å². The average Bonchev–Trinajstić information content (AvgIpc) is 3.05. The number of hydrogen-bond acceptors (Lipinski definition) is 3. The van der Waals surface area contributed by atoms with E-state index in [1.54, 1.807) is 0 Å². The van der Waals surface area contributed by atoms with Crippen LogP contribution in [0.1, 0.15) is 37.8 Å². The van der Waals surface area contributed by atoms with Crippen molar-refractivity contribution in [3.05, 3.63) is 34.3 Å². The molecule has 1 saturated carbocycles. The number of rotatable bonds is 5. The Labute approximate surface area is 150 Å². The molecule has 1 amide bonds.